The molecule has 23 heavy (non-hydrogen) atoms. The van der Waals surface area contributed by atoms with Crippen molar-refractivity contribution >= 4 is 41.7 Å². The van der Waals surface area contributed by atoms with Gasteiger partial charge in [0.15, 0.2) is 5.96 Å². The van der Waals surface area contributed by atoms with Crippen LogP contribution in [0.25, 0.3) is 0 Å². The molecule has 2 fully saturated rings. The molecule has 1 unspecified atom stereocenters. The number of guanidine groups is 1. The molecule has 136 valence electrons. The third-order valence-corrected chi connectivity index (χ3v) is 6.00. The molecule has 1 saturated carbocycles. The molecule has 2 aliphatic rings. The van der Waals surface area contributed by atoms with Gasteiger partial charge in [0, 0.05) is 18.8 Å². The van der Waals surface area contributed by atoms with Crippen molar-refractivity contribution in [1.82, 2.24) is 10.6 Å². The second kappa shape index (κ2) is 11.8. The standard InChI is InChI=1S/C17H33N3OS.HI/c1-2-18-16(20-13-17(21)10-12-22-14-17)19-11-6-5-9-15-7-3-4-8-15;/h15,21H,2-14H2,1H3,(H2,18,19,20);1H. The summed E-state index contributed by atoms with van der Waals surface area (Å²) in [6.07, 6.45) is 10.6. The Bertz CT molecular complexity index is 343. The molecular weight excluding hydrogens is 421 g/mol. The topological polar surface area (TPSA) is 56.7 Å². The number of halogens is 1. The number of hydrogen-bond acceptors (Lipinski definition) is 3. The number of unbranched alkanes of at least 4 members (excludes halogenated alkanes) is 1. The van der Waals surface area contributed by atoms with E-state index in [1.165, 1.54) is 44.9 Å². The van der Waals surface area contributed by atoms with E-state index in [2.05, 4.69) is 22.5 Å². The molecule has 3 N–H and O–H groups in total. The number of nitrogens with zero attached hydrogens (tertiary/aromatic N) is 1. The van der Waals surface area contributed by atoms with Gasteiger partial charge in [-0.25, -0.2) is 0 Å². The molecule has 1 aliphatic heterocycles. The number of hydrogen-bond donors (Lipinski definition) is 3. The van der Waals surface area contributed by atoms with Crippen LogP contribution in [0.4, 0.5) is 0 Å². The van der Waals surface area contributed by atoms with E-state index < -0.39 is 5.60 Å². The van der Waals surface area contributed by atoms with E-state index in [1.54, 1.807) is 0 Å². The monoisotopic (exact) mass is 455 g/mol. The van der Waals surface area contributed by atoms with Crippen molar-refractivity contribution in [2.45, 2.75) is 63.9 Å². The first-order valence-corrected chi connectivity index (χ1v) is 10.2. The fourth-order valence-electron chi connectivity index (χ4n) is 3.35. The summed E-state index contributed by atoms with van der Waals surface area (Å²) in [5.74, 6) is 3.72. The fourth-order valence-corrected chi connectivity index (χ4v) is 4.64. The number of aliphatic hydroxyl groups is 1. The minimum atomic E-state index is -0.588. The Balaban J connectivity index is 0.00000264. The molecule has 0 bridgehead atoms. The van der Waals surface area contributed by atoms with Gasteiger partial charge in [-0.15, -0.1) is 24.0 Å². The first-order valence-electron chi connectivity index (χ1n) is 9.04. The minimum absolute atomic E-state index is 0. The van der Waals surface area contributed by atoms with Crippen molar-refractivity contribution in [3.05, 3.63) is 0 Å². The minimum Gasteiger partial charge on any atom is -0.387 e. The molecule has 1 heterocycles. The maximum absolute atomic E-state index is 10.4. The van der Waals surface area contributed by atoms with Crippen LogP contribution in [0.5, 0.6) is 0 Å². The van der Waals surface area contributed by atoms with Crippen molar-refractivity contribution < 1.29 is 5.11 Å². The van der Waals surface area contributed by atoms with Crippen LogP contribution in [-0.4, -0.2) is 47.8 Å². The third-order valence-electron chi connectivity index (χ3n) is 4.76. The van der Waals surface area contributed by atoms with E-state index in [-0.39, 0.29) is 24.0 Å². The van der Waals surface area contributed by atoms with Gasteiger partial charge in [0.25, 0.3) is 0 Å². The Labute approximate surface area is 163 Å². The van der Waals surface area contributed by atoms with Crippen LogP contribution in [0.15, 0.2) is 4.99 Å². The Kier molecular flexibility index (Phi) is 10.9. The quantitative estimate of drug-likeness (QED) is 0.227. The van der Waals surface area contributed by atoms with Gasteiger partial charge in [-0.3, -0.25) is 4.99 Å². The van der Waals surface area contributed by atoms with Crippen LogP contribution in [0.3, 0.4) is 0 Å². The molecular formula is C17H34IN3OS. The average molecular weight is 455 g/mol. The molecule has 1 atom stereocenters. The van der Waals surface area contributed by atoms with Crippen molar-refractivity contribution in [2.24, 2.45) is 10.9 Å². The van der Waals surface area contributed by atoms with E-state index in [1.807, 2.05) is 11.8 Å². The summed E-state index contributed by atoms with van der Waals surface area (Å²) >= 11 is 1.82. The number of rotatable bonds is 8. The van der Waals surface area contributed by atoms with Gasteiger partial charge >= 0.3 is 0 Å². The summed E-state index contributed by atoms with van der Waals surface area (Å²) in [6, 6.07) is 0. The predicted octanol–water partition coefficient (Wildman–Crippen LogP) is 3.39. The average Bonchev–Trinajstić information content (AvgIpc) is 3.16. The molecule has 0 amide bonds. The molecule has 4 nitrogen and oxygen atoms in total. The van der Waals surface area contributed by atoms with E-state index in [9.17, 15) is 5.11 Å². The summed E-state index contributed by atoms with van der Waals surface area (Å²) in [7, 11) is 0. The molecule has 0 aromatic heterocycles. The van der Waals surface area contributed by atoms with Gasteiger partial charge in [-0.1, -0.05) is 38.5 Å². The molecule has 1 saturated heterocycles. The van der Waals surface area contributed by atoms with E-state index in [0.717, 1.165) is 42.9 Å². The van der Waals surface area contributed by atoms with Crippen LogP contribution >= 0.6 is 35.7 Å². The van der Waals surface area contributed by atoms with Gasteiger partial charge in [0.05, 0.1) is 12.1 Å². The van der Waals surface area contributed by atoms with Crippen molar-refractivity contribution in [2.75, 3.05) is 31.1 Å². The fraction of sp³-hybridized carbons (Fsp3) is 0.941. The second-order valence-electron chi connectivity index (χ2n) is 6.80. The van der Waals surface area contributed by atoms with Crippen LogP contribution in [0.2, 0.25) is 0 Å². The van der Waals surface area contributed by atoms with E-state index >= 15 is 0 Å². The Hall–Kier alpha value is 0.310. The van der Waals surface area contributed by atoms with E-state index in [0.29, 0.717) is 6.54 Å². The van der Waals surface area contributed by atoms with Crippen molar-refractivity contribution in [1.29, 1.82) is 0 Å². The smallest absolute Gasteiger partial charge is 0.191 e. The number of nitrogens with one attached hydrogen (secondary N) is 2. The van der Waals surface area contributed by atoms with Crippen LogP contribution in [-0.2, 0) is 0 Å². The molecule has 0 aromatic rings. The zero-order valence-corrected chi connectivity index (χ0v) is 17.6. The number of aliphatic imine (C=N–C) groups is 1. The lowest BCUT2D eigenvalue weighted by Gasteiger charge is -2.19. The van der Waals surface area contributed by atoms with Crippen LogP contribution < -0.4 is 10.6 Å². The maximum Gasteiger partial charge on any atom is 0.191 e. The maximum atomic E-state index is 10.4. The number of thioether (sulfide) groups is 1. The van der Waals surface area contributed by atoms with Crippen LogP contribution in [0.1, 0.15) is 58.3 Å². The summed E-state index contributed by atoms with van der Waals surface area (Å²) in [4.78, 5) is 4.57. The highest BCUT2D eigenvalue weighted by atomic mass is 127. The third kappa shape index (κ3) is 8.29. The second-order valence-corrected chi connectivity index (χ2v) is 7.90. The Morgan fingerprint density at radius 1 is 1.26 bits per heavy atom. The molecule has 6 heteroatoms. The molecule has 1 aliphatic carbocycles. The highest BCUT2D eigenvalue weighted by Crippen LogP contribution is 2.29. The Morgan fingerprint density at radius 2 is 2.04 bits per heavy atom. The van der Waals surface area contributed by atoms with Gasteiger partial charge in [0.1, 0.15) is 0 Å². The summed E-state index contributed by atoms with van der Waals surface area (Å²) < 4.78 is 0. The summed E-state index contributed by atoms with van der Waals surface area (Å²) in [5, 5.41) is 17.0. The zero-order chi connectivity index (χ0) is 15.7. The van der Waals surface area contributed by atoms with Gasteiger partial charge in [-0.05, 0) is 31.4 Å². The largest absolute Gasteiger partial charge is 0.387 e. The summed E-state index contributed by atoms with van der Waals surface area (Å²) in [6.45, 7) is 4.43. The molecule has 0 aromatic carbocycles. The van der Waals surface area contributed by atoms with Crippen molar-refractivity contribution in [3.63, 3.8) is 0 Å². The highest BCUT2D eigenvalue weighted by molar-refractivity contribution is 14.0. The van der Waals surface area contributed by atoms with Crippen LogP contribution in [0, 0.1) is 5.92 Å². The van der Waals surface area contributed by atoms with Gasteiger partial charge < -0.3 is 15.7 Å². The molecule has 0 radical (unpaired) electrons. The lowest BCUT2D eigenvalue weighted by molar-refractivity contribution is 0.0778. The normalized spacial score (nSPS) is 25.4. The van der Waals surface area contributed by atoms with Gasteiger partial charge in [-0.2, -0.15) is 11.8 Å². The summed E-state index contributed by atoms with van der Waals surface area (Å²) in [5.41, 5.74) is -0.588. The van der Waals surface area contributed by atoms with Gasteiger partial charge in [0.2, 0.25) is 0 Å². The Morgan fingerprint density at radius 3 is 2.70 bits per heavy atom. The zero-order valence-electron chi connectivity index (χ0n) is 14.5. The molecule has 0 spiro atoms. The predicted molar refractivity (Wildman–Crippen MR) is 112 cm³/mol. The first kappa shape index (κ1) is 21.4. The lowest BCUT2D eigenvalue weighted by atomic mass is 10.0. The highest BCUT2D eigenvalue weighted by Gasteiger charge is 2.31. The van der Waals surface area contributed by atoms with E-state index in [4.69, 9.17) is 0 Å². The first-order chi connectivity index (χ1) is 10.7. The molecule has 2 rings (SSSR count). The lowest BCUT2D eigenvalue weighted by Crippen LogP contribution is -2.40. The van der Waals surface area contributed by atoms with Crippen molar-refractivity contribution in [3.8, 4) is 0 Å². The SMILES string of the molecule is CCNC(=NCC1(O)CCSC1)NCCCCC1CCCC1.I.